The molecule has 1 aromatic heterocycles. The van der Waals surface area contributed by atoms with Crippen molar-refractivity contribution in [2.75, 3.05) is 31.1 Å². The van der Waals surface area contributed by atoms with Crippen LogP contribution in [-0.4, -0.2) is 64.9 Å². The molecule has 4 rings (SSSR count). The fourth-order valence-electron chi connectivity index (χ4n) is 5.71. The van der Waals surface area contributed by atoms with E-state index in [1.807, 2.05) is 13.8 Å². The number of alkyl carbamates (subject to hydrolysis) is 1. The van der Waals surface area contributed by atoms with Crippen molar-refractivity contribution < 1.29 is 28.0 Å². The Labute approximate surface area is 259 Å². The SMILES string of the molecule is CC(C)c1noc(N2CCC(C(C)CCOc3ccc([C@H](NC(=O)OC(C)(C)C)C(=O)N4CCCC4C#N)c(F)c3)CC2)n1. The third kappa shape index (κ3) is 8.39. The number of carbonyl (C=O) groups is 2. The van der Waals surface area contributed by atoms with Crippen LogP contribution in [0.2, 0.25) is 0 Å². The summed E-state index contributed by atoms with van der Waals surface area (Å²) in [5.74, 6) is 0.972. The standard InChI is InChI=1S/C32H45FN6O5/c1-20(2)28-36-30(44-37-28)38-15-11-22(12-16-38)21(3)13-17-42-24-9-10-25(26(33)18-24)27(35-31(41)43-32(4,5)6)29(40)39-14-7-8-23(39)19-34/h9-10,18,20-23,27H,7-8,11-17H2,1-6H3,(H,35,41)/t21?,23?,27-/m0/s1. The summed E-state index contributed by atoms with van der Waals surface area (Å²) in [7, 11) is 0. The monoisotopic (exact) mass is 612 g/mol. The molecular formula is C32H45FN6O5. The van der Waals surface area contributed by atoms with Gasteiger partial charge in [-0.05, 0) is 76.8 Å². The molecule has 2 fully saturated rings. The molecule has 0 aliphatic carbocycles. The lowest BCUT2D eigenvalue weighted by atomic mass is 9.84. The third-order valence-corrected chi connectivity index (χ3v) is 8.28. The summed E-state index contributed by atoms with van der Waals surface area (Å²) in [5.41, 5.74) is -0.824. The summed E-state index contributed by atoms with van der Waals surface area (Å²) in [6.45, 7) is 13.9. The van der Waals surface area contributed by atoms with E-state index in [0.717, 1.165) is 38.2 Å². The zero-order valence-electron chi connectivity index (χ0n) is 26.6. The van der Waals surface area contributed by atoms with Gasteiger partial charge in [-0.3, -0.25) is 4.79 Å². The van der Waals surface area contributed by atoms with Crippen molar-refractivity contribution in [1.82, 2.24) is 20.4 Å². The average Bonchev–Trinajstić information content (AvgIpc) is 3.65. The summed E-state index contributed by atoms with van der Waals surface area (Å²) in [6, 6.07) is 5.02. The number of likely N-dealkylation sites (tertiary alicyclic amines) is 1. The first-order valence-electron chi connectivity index (χ1n) is 15.6. The number of hydrogen-bond acceptors (Lipinski definition) is 9. The smallest absolute Gasteiger partial charge is 0.408 e. The Morgan fingerprint density at radius 1 is 1.18 bits per heavy atom. The minimum Gasteiger partial charge on any atom is -0.493 e. The Bertz CT molecular complexity index is 1330. The van der Waals surface area contributed by atoms with Gasteiger partial charge in [-0.2, -0.15) is 10.2 Å². The minimum atomic E-state index is -1.34. The fourth-order valence-corrected chi connectivity index (χ4v) is 5.71. The second kappa shape index (κ2) is 14.3. The number of nitriles is 1. The first-order chi connectivity index (χ1) is 20.9. The largest absolute Gasteiger partial charge is 0.493 e. The lowest BCUT2D eigenvalue weighted by Crippen LogP contribution is -2.46. The van der Waals surface area contributed by atoms with E-state index in [4.69, 9.17) is 14.0 Å². The minimum absolute atomic E-state index is 0.0151. The zero-order valence-corrected chi connectivity index (χ0v) is 26.6. The number of ether oxygens (including phenoxy) is 2. The predicted molar refractivity (Wildman–Crippen MR) is 161 cm³/mol. The van der Waals surface area contributed by atoms with E-state index in [2.05, 4.69) is 33.4 Å². The van der Waals surface area contributed by atoms with E-state index >= 15 is 4.39 Å². The first kappa shape index (κ1) is 33.0. The summed E-state index contributed by atoms with van der Waals surface area (Å²) in [4.78, 5) is 34.1. The predicted octanol–water partition coefficient (Wildman–Crippen LogP) is 5.73. The summed E-state index contributed by atoms with van der Waals surface area (Å²) < 4.78 is 32.2. The molecule has 11 nitrogen and oxygen atoms in total. The number of hydrogen-bond donors (Lipinski definition) is 1. The molecule has 2 unspecified atom stereocenters. The molecule has 2 saturated heterocycles. The first-order valence-corrected chi connectivity index (χ1v) is 15.6. The average molecular weight is 613 g/mol. The molecule has 0 saturated carbocycles. The van der Waals surface area contributed by atoms with Gasteiger partial charge in [0, 0.05) is 37.2 Å². The number of anilines is 1. The van der Waals surface area contributed by atoms with Crippen LogP contribution in [0.25, 0.3) is 0 Å². The van der Waals surface area contributed by atoms with Crippen LogP contribution in [0.5, 0.6) is 5.75 Å². The number of aromatic nitrogens is 2. The van der Waals surface area contributed by atoms with Crippen LogP contribution in [0.3, 0.4) is 0 Å². The second-order valence-electron chi connectivity index (χ2n) is 13.1. The van der Waals surface area contributed by atoms with Gasteiger partial charge in [0.05, 0.1) is 12.7 Å². The Morgan fingerprint density at radius 3 is 2.52 bits per heavy atom. The topological polar surface area (TPSA) is 134 Å². The van der Waals surface area contributed by atoms with E-state index in [9.17, 15) is 14.9 Å². The van der Waals surface area contributed by atoms with Gasteiger partial charge < -0.3 is 29.1 Å². The normalized spacial score (nSPS) is 19.0. The third-order valence-electron chi connectivity index (χ3n) is 8.28. The quantitative estimate of drug-likeness (QED) is 0.357. The Kier molecular flexibility index (Phi) is 10.7. The van der Waals surface area contributed by atoms with E-state index in [1.54, 1.807) is 26.8 Å². The highest BCUT2D eigenvalue weighted by atomic mass is 19.1. The fraction of sp³-hybridized carbons (Fsp3) is 0.656. The van der Waals surface area contributed by atoms with Crippen LogP contribution in [0, 0.1) is 29.0 Å². The van der Waals surface area contributed by atoms with E-state index < -0.39 is 35.5 Å². The van der Waals surface area contributed by atoms with Crippen molar-refractivity contribution >= 4 is 18.0 Å². The van der Waals surface area contributed by atoms with Gasteiger partial charge in [0.1, 0.15) is 29.3 Å². The molecule has 44 heavy (non-hydrogen) atoms. The van der Waals surface area contributed by atoms with Crippen LogP contribution in [0.1, 0.15) is 97.0 Å². The summed E-state index contributed by atoms with van der Waals surface area (Å²) in [5, 5.41) is 16.1. The number of rotatable bonds is 10. The maximum atomic E-state index is 15.5. The van der Waals surface area contributed by atoms with Crippen LogP contribution in [0.4, 0.5) is 15.2 Å². The van der Waals surface area contributed by atoms with Crippen molar-refractivity contribution in [1.29, 1.82) is 5.26 Å². The molecule has 2 amide bonds. The number of nitrogens with zero attached hydrogens (tertiary/aromatic N) is 5. The van der Waals surface area contributed by atoms with Crippen LogP contribution >= 0.6 is 0 Å². The van der Waals surface area contributed by atoms with Gasteiger partial charge in [-0.1, -0.05) is 25.9 Å². The summed E-state index contributed by atoms with van der Waals surface area (Å²) >= 11 is 0. The number of benzene rings is 1. The van der Waals surface area contributed by atoms with Gasteiger partial charge >= 0.3 is 12.1 Å². The van der Waals surface area contributed by atoms with Gasteiger partial charge in [-0.15, -0.1) is 0 Å². The molecular weight excluding hydrogens is 567 g/mol. The molecule has 2 aliphatic rings. The number of halogens is 1. The summed E-state index contributed by atoms with van der Waals surface area (Å²) in [6.07, 6.45) is 3.17. The zero-order chi connectivity index (χ0) is 32.0. The molecule has 2 aromatic rings. The Morgan fingerprint density at radius 2 is 1.91 bits per heavy atom. The van der Waals surface area contributed by atoms with Gasteiger partial charge in [0.15, 0.2) is 5.82 Å². The second-order valence-corrected chi connectivity index (χ2v) is 13.1. The van der Waals surface area contributed by atoms with E-state index in [0.29, 0.717) is 49.6 Å². The molecule has 3 atom stereocenters. The highest BCUT2D eigenvalue weighted by Crippen LogP contribution is 2.31. The lowest BCUT2D eigenvalue weighted by molar-refractivity contribution is -0.133. The van der Waals surface area contributed by atoms with Crippen molar-refractivity contribution in [3.8, 4) is 11.8 Å². The highest BCUT2D eigenvalue weighted by Gasteiger charge is 2.37. The van der Waals surface area contributed by atoms with E-state index in [1.165, 1.54) is 17.0 Å². The Hall–Kier alpha value is -3.88. The van der Waals surface area contributed by atoms with Gasteiger partial charge in [-0.25, -0.2) is 9.18 Å². The molecule has 2 aliphatic heterocycles. The number of piperidine rings is 1. The molecule has 0 bridgehead atoms. The van der Waals surface area contributed by atoms with Crippen LogP contribution in [0.15, 0.2) is 22.7 Å². The van der Waals surface area contributed by atoms with Gasteiger partial charge in [0.2, 0.25) is 0 Å². The maximum absolute atomic E-state index is 15.5. The number of amides is 2. The number of nitrogens with one attached hydrogen (secondary N) is 1. The van der Waals surface area contributed by atoms with Crippen molar-refractivity contribution in [2.45, 2.75) is 97.2 Å². The molecule has 0 radical (unpaired) electrons. The lowest BCUT2D eigenvalue weighted by Gasteiger charge is -2.33. The van der Waals surface area contributed by atoms with Crippen molar-refractivity contribution in [3.63, 3.8) is 0 Å². The number of carbonyl (C=O) groups excluding carboxylic acids is 2. The maximum Gasteiger partial charge on any atom is 0.408 e. The molecule has 3 heterocycles. The Balaban J connectivity index is 1.33. The van der Waals surface area contributed by atoms with Crippen LogP contribution in [-0.2, 0) is 9.53 Å². The molecule has 1 N–H and O–H groups in total. The van der Waals surface area contributed by atoms with Crippen molar-refractivity contribution in [3.05, 3.63) is 35.4 Å². The molecule has 240 valence electrons. The molecule has 12 heteroatoms. The van der Waals surface area contributed by atoms with Crippen LogP contribution < -0.4 is 15.0 Å². The molecule has 0 spiro atoms. The molecule has 1 aromatic carbocycles. The van der Waals surface area contributed by atoms with E-state index in [-0.39, 0.29) is 11.5 Å². The van der Waals surface area contributed by atoms with Gasteiger partial charge in [0.25, 0.3) is 5.91 Å². The van der Waals surface area contributed by atoms with Crippen molar-refractivity contribution in [2.24, 2.45) is 11.8 Å². The highest BCUT2D eigenvalue weighted by molar-refractivity contribution is 5.87.